The first-order valence-electron chi connectivity index (χ1n) is 6.23. The predicted octanol–water partition coefficient (Wildman–Crippen LogP) is 3.88. The van der Waals surface area contributed by atoms with Gasteiger partial charge in [0, 0.05) is 17.5 Å². The molecule has 4 heteroatoms. The summed E-state index contributed by atoms with van der Waals surface area (Å²) in [5.41, 5.74) is 2.40. The minimum Gasteiger partial charge on any atom is -0.306 e. The van der Waals surface area contributed by atoms with Crippen molar-refractivity contribution in [3.63, 3.8) is 0 Å². The normalized spacial score (nSPS) is 12.4. The standard InChI is InChI=1S/C15H16ClFN2/c1-3-18-15(11-8-7-10(2)19-9-11)12-5-4-6-13(16)14(12)17/h4-9,15,18H,3H2,1-2H3. The van der Waals surface area contributed by atoms with E-state index >= 15 is 0 Å². The van der Waals surface area contributed by atoms with Crippen LogP contribution in [0.1, 0.15) is 29.8 Å². The molecular formula is C15H16ClFN2. The molecule has 0 saturated carbocycles. The molecule has 0 saturated heterocycles. The number of aryl methyl sites for hydroxylation is 1. The molecule has 1 unspecified atom stereocenters. The topological polar surface area (TPSA) is 24.9 Å². The van der Waals surface area contributed by atoms with Crippen LogP contribution in [0.25, 0.3) is 0 Å². The highest BCUT2D eigenvalue weighted by molar-refractivity contribution is 6.30. The zero-order valence-corrected chi connectivity index (χ0v) is 11.7. The van der Waals surface area contributed by atoms with Gasteiger partial charge in [0.2, 0.25) is 0 Å². The molecule has 0 radical (unpaired) electrons. The number of pyridine rings is 1. The molecule has 100 valence electrons. The summed E-state index contributed by atoms with van der Waals surface area (Å²) in [5.74, 6) is -0.379. The zero-order chi connectivity index (χ0) is 13.8. The highest BCUT2D eigenvalue weighted by atomic mass is 35.5. The molecule has 1 N–H and O–H groups in total. The van der Waals surface area contributed by atoms with Crippen LogP contribution in [-0.2, 0) is 0 Å². The van der Waals surface area contributed by atoms with Gasteiger partial charge in [-0.3, -0.25) is 4.98 Å². The molecule has 0 bridgehead atoms. The molecule has 1 aromatic carbocycles. The monoisotopic (exact) mass is 278 g/mol. The molecule has 2 aromatic rings. The number of hydrogen-bond donors (Lipinski definition) is 1. The van der Waals surface area contributed by atoms with Gasteiger partial charge in [0.25, 0.3) is 0 Å². The van der Waals surface area contributed by atoms with Gasteiger partial charge in [0.15, 0.2) is 0 Å². The van der Waals surface area contributed by atoms with Crippen molar-refractivity contribution in [2.24, 2.45) is 0 Å². The van der Waals surface area contributed by atoms with Crippen molar-refractivity contribution < 1.29 is 4.39 Å². The fourth-order valence-corrected chi connectivity index (χ4v) is 2.19. The summed E-state index contributed by atoms with van der Waals surface area (Å²) in [5, 5.41) is 3.40. The first kappa shape index (κ1) is 14.0. The molecule has 2 rings (SSSR count). The van der Waals surface area contributed by atoms with E-state index in [0.717, 1.165) is 17.8 Å². The molecule has 0 spiro atoms. The molecule has 0 fully saturated rings. The number of benzene rings is 1. The van der Waals surface area contributed by atoms with Crippen molar-refractivity contribution in [2.75, 3.05) is 6.54 Å². The number of halogens is 2. The van der Waals surface area contributed by atoms with E-state index in [1.807, 2.05) is 26.0 Å². The lowest BCUT2D eigenvalue weighted by Crippen LogP contribution is -2.23. The first-order chi connectivity index (χ1) is 9.13. The Balaban J connectivity index is 2.45. The Kier molecular flexibility index (Phi) is 4.51. The van der Waals surface area contributed by atoms with Crippen LogP contribution in [0.4, 0.5) is 4.39 Å². The Hall–Kier alpha value is -1.45. The number of aromatic nitrogens is 1. The minimum absolute atomic E-state index is 0.139. The number of rotatable bonds is 4. The first-order valence-corrected chi connectivity index (χ1v) is 6.61. The predicted molar refractivity (Wildman–Crippen MR) is 75.9 cm³/mol. The minimum atomic E-state index is -0.379. The van der Waals surface area contributed by atoms with Crippen LogP contribution in [0.5, 0.6) is 0 Å². The summed E-state index contributed by atoms with van der Waals surface area (Å²) >= 11 is 5.85. The van der Waals surface area contributed by atoms with Crippen molar-refractivity contribution in [1.29, 1.82) is 0 Å². The maximum absolute atomic E-state index is 14.1. The molecule has 2 nitrogen and oxygen atoms in total. The third-order valence-electron chi connectivity index (χ3n) is 2.97. The summed E-state index contributed by atoms with van der Waals surface area (Å²) in [4.78, 5) is 4.26. The second kappa shape index (κ2) is 6.13. The van der Waals surface area contributed by atoms with Crippen LogP contribution < -0.4 is 5.32 Å². The number of nitrogens with one attached hydrogen (secondary N) is 1. The van der Waals surface area contributed by atoms with Gasteiger partial charge in [0.1, 0.15) is 5.82 Å². The maximum Gasteiger partial charge on any atom is 0.146 e. The molecular weight excluding hydrogens is 263 g/mol. The van der Waals surface area contributed by atoms with Gasteiger partial charge < -0.3 is 5.32 Å². The quantitative estimate of drug-likeness (QED) is 0.918. The lowest BCUT2D eigenvalue weighted by molar-refractivity contribution is 0.558. The van der Waals surface area contributed by atoms with Gasteiger partial charge in [-0.1, -0.05) is 36.7 Å². The average molecular weight is 279 g/mol. The Labute approximate surface area is 117 Å². The van der Waals surface area contributed by atoms with E-state index in [2.05, 4.69) is 10.3 Å². The molecule has 19 heavy (non-hydrogen) atoms. The van der Waals surface area contributed by atoms with Gasteiger partial charge in [0.05, 0.1) is 11.1 Å². The van der Waals surface area contributed by atoms with E-state index in [-0.39, 0.29) is 16.9 Å². The second-order valence-corrected chi connectivity index (χ2v) is 4.77. The fourth-order valence-electron chi connectivity index (χ4n) is 2.00. The van der Waals surface area contributed by atoms with Crippen molar-refractivity contribution in [3.8, 4) is 0 Å². The van der Waals surface area contributed by atoms with Crippen LogP contribution in [0.15, 0.2) is 36.5 Å². The zero-order valence-electron chi connectivity index (χ0n) is 11.0. The van der Waals surface area contributed by atoms with E-state index in [1.54, 1.807) is 24.4 Å². The molecule has 1 heterocycles. The Morgan fingerprint density at radius 1 is 1.32 bits per heavy atom. The summed E-state index contributed by atoms with van der Waals surface area (Å²) in [7, 11) is 0. The van der Waals surface area contributed by atoms with Gasteiger partial charge in [-0.05, 0) is 31.2 Å². The van der Waals surface area contributed by atoms with Crippen molar-refractivity contribution in [1.82, 2.24) is 10.3 Å². The van der Waals surface area contributed by atoms with Gasteiger partial charge in [-0.2, -0.15) is 0 Å². The van der Waals surface area contributed by atoms with E-state index in [0.29, 0.717) is 5.56 Å². The van der Waals surface area contributed by atoms with Gasteiger partial charge in [-0.25, -0.2) is 4.39 Å². The second-order valence-electron chi connectivity index (χ2n) is 4.37. The van der Waals surface area contributed by atoms with Gasteiger partial charge >= 0.3 is 0 Å². The molecule has 1 atom stereocenters. The van der Waals surface area contributed by atoms with E-state index < -0.39 is 0 Å². The SMILES string of the molecule is CCNC(c1ccc(C)nc1)c1cccc(Cl)c1F. The largest absolute Gasteiger partial charge is 0.306 e. The van der Waals surface area contributed by atoms with Crippen molar-refractivity contribution in [3.05, 3.63) is 64.2 Å². The van der Waals surface area contributed by atoms with Crippen LogP contribution in [-0.4, -0.2) is 11.5 Å². The van der Waals surface area contributed by atoms with Crippen molar-refractivity contribution in [2.45, 2.75) is 19.9 Å². The summed E-state index contributed by atoms with van der Waals surface area (Å²) in [6.07, 6.45) is 1.77. The number of hydrogen-bond acceptors (Lipinski definition) is 2. The lowest BCUT2D eigenvalue weighted by Gasteiger charge is -2.19. The van der Waals surface area contributed by atoms with Crippen LogP contribution in [0.3, 0.4) is 0 Å². The summed E-state index contributed by atoms with van der Waals surface area (Å²) < 4.78 is 14.1. The van der Waals surface area contributed by atoms with Crippen molar-refractivity contribution >= 4 is 11.6 Å². The third kappa shape index (κ3) is 3.11. The Morgan fingerprint density at radius 3 is 2.74 bits per heavy atom. The highest BCUT2D eigenvalue weighted by Crippen LogP contribution is 2.27. The highest BCUT2D eigenvalue weighted by Gasteiger charge is 2.18. The molecule has 0 aliphatic carbocycles. The maximum atomic E-state index is 14.1. The van der Waals surface area contributed by atoms with Crippen LogP contribution in [0.2, 0.25) is 5.02 Å². The van der Waals surface area contributed by atoms with E-state index in [4.69, 9.17) is 11.6 Å². The van der Waals surface area contributed by atoms with E-state index in [1.165, 1.54) is 0 Å². The lowest BCUT2D eigenvalue weighted by atomic mass is 9.99. The third-order valence-corrected chi connectivity index (χ3v) is 3.26. The number of nitrogens with zero attached hydrogens (tertiary/aromatic N) is 1. The summed E-state index contributed by atoms with van der Waals surface area (Å²) in [6.45, 7) is 4.63. The van der Waals surface area contributed by atoms with Gasteiger partial charge in [-0.15, -0.1) is 0 Å². The Bertz CT molecular complexity index is 555. The van der Waals surface area contributed by atoms with Crippen LogP contribution in [0, 0.1) is 12.7 Å². The Morgan fingerprint density at radius 2 is 2.11 bits per heavy atom. The molecule has 0 aliphatic rings. The summed E-state index contributed by atoms with van der Waals surface area (Å²) in [6, 6.07) is 8.69. The average Bonchev–Trinajstić information content (AvgIpc) is 2.41. The molecule has 0 aliphatic heterocycles. The molecule has 1 aromatic heterocycles. The molecule has 0 amide bonds. The van der Waals surface area contributed by atoms with E-state index in [9.17, 15) is 4.39 Å². The van der Waals surface area contributed by atoms with Crippen LogP contribution >= 0.6 is 11.6 Å². The smallest absolute Gasteiger partial charge is 0.146 e. The fraction of sp³-hybridized carbons (Fsp3) is 0.267.